The Morgan fingerprint density at radius 1 is 1.23 bits per heavy atom. The Kier molecular flexibility index (Phi) is 5.71. The first-order valence-corrected chi connectivity index (χ1v) is 8.14. The van der Waals surface area contributed by atoms with Crippen LogP contribution in [0.5, 0.6) is 0 Å². The standard InChI is InChI=1S/C16H27N5O/c1-5-6-7-8-15-17-16(20(19-15)9-10-22)14(4)21-13(3)11-12(2)18-21/h11,14,22H,5-10H2,1-4H3. The van der Waals surface area contributed by atoms with Crippen LogP contribution in [-0.2, 0) is 13.0 Å². The van der Waals surface area contributed by atoms with Crippen molar-refractivity contribution in [2.24, 2.45) is 0 Å². The van der Waals surface area contributed by atoms with Gasteiger partial charge in [-0.2, -0.15) is 10.2 Å². The molecule has 6 nitrogen and oxygen atoms in total. The van der Waals surface area contributed by atoms with E-state index < -0.39 is 0 Å². The summed E-state index contributed by atoms with van der Waals surface area (Å²) in [5.74, 6) is 1.73. The predicted octanol–water partition coefficient (Wildman–Crippen LogP) is 2.43. The molecule has 0 saturated heterocycles. The molecule has 0 aliphatic rings. The summed E-state index contributed by atoms with van der Waals surface area (Å²) in [5, 5.41) is 18.4. The van der Waals surface area contributed by atoms with Crippen molar-refractivity contribution in [2.45, 2.75) is 66.0 Å². The fraction of sp³-hybridized carbons (Fsp3) is 0.688. The van der Waals surface area contributed by atoms with Gasteiger partial charge in [0, 0.05) is 12.1 Å². The van der Waals surface area contributed by atoms with E-state index in [1.165, 1.54) is 12.8 Å². The molecule has 0 aromatic carbocycles. The Hall–Kier alpha value is -1.69. The van der Waals surface area contributed by atoms with Crippen molar-refractivity contribution in [2.75, 3.05) is 6.61 Å². The molecule has 122 valence electrons. The summed E-state index contributed by atoms with van der Waals surface area (Å²) in [6.07, 6.45) is 4.37. The summed E-state index contributed by atoms with van der Waals surface area (Å²) in [5.41, 5.74) is 2.11. The molecule has 2 heterocycles. The maximum absolute atomic E-state index is 9.27. The average Bonchev–Trinajstić information content (AvgIpc) is 3.02. The minimum Gasteiger partial charge on any atom is -0.394 e. The average molecular weight is 305 g/mol. The highest BCUT2D eigenvalue weighted by Crippen LogP contribution is 2.19. The molecule has 1 unspecified atom stereocenters. The van der Waals surface area contributed by atoms with Crippen molar-refractivity contribution >= 4 is 0 Å². The van der Waals surface area contributed by atoms with Crippen LogP contribution in [0.4, 0.5) is 0 Å². The SMILES string of the molecule is CCCCCc1nc(C(C)n2nc(C)cc2C)n(CCO)n1. The van der Waals surface area contributed by atoms with Crippen LogP contribution >= 0.6 is 0 Å². The maximum Gasteiger partial charge on any atom is 0.151 e. The normalized spacial score (nSPS) is 12.8. The van der Waals surface area contributed by atoms with E-state index in [-0.39, 0.29) is 12.6 Å². The molecule has 1 N–H and O–H groups in total. The molecule has 2 aromatic rings. The van der Waals surface area contributed by atoms with E-state index in [9.17, 15) is 5.11 Å². The molecule has 0 amide bonds. The van der Waals surface area contributed by atoms with Gasteiger partial charge in [-0.15, -0.1) is 0 Å². The van der Waals surface area contributed by atoms with Gasteiger partial charge < -0.3 is 5.11 Å². The predicted molar refractivity (Wildman–Crippen MR) is 85.9 cm³/mol. The summed E-state index contributed by atoms with van der Waals surface area (Å²) in [6, 6.07) is 2.07. The van der Waals surface area contributed by atoms with Crippen molar-refractivity contribution in [1.29, 1.82) is 0 Å². The van der Waals surface area contributed by atoms with Crippen molar-refractivity contribution < 1.29 is 5.11 Å². The zero-order chi connectivity index (χ0) is 16.1. The van der Waals surface area contributed by atoms with Gasteiger partial charge in [-0.05, 0) is 33.3 Å². The molecule has 0 bridgehead atoms. The van der Waals surface area contributed by atoms with Crippen LogP contribution in [0.1, 0.15) is 62.2 Å². The van der Waals surface area contributed by atoms with Crippen LogP contribution in [0.2, 0.25) is 0 Å². The number of aliphatic hydroxyl groups excluding tert-OH is 1. The maximum atomic E-state index is 9.27. The van der Waals surface area contributed by atoms with Crippen LogP contribution in [-0.4, -0.2) is 36.3 Å². The van der Waals surface area contributed by atoms with E-state index in [1.54, 1.807) is 0 Å². The van der Waals surface area contributed by atoms with Gasteiger partial charge in [0.25, 0.3) is 0 Å². The lowest BCUT2D eigenvalue weighted by Crippen LogP contribution is -2.18. The van der Waals surface area contributed by atoms with E-state index in [2.05, 4.69) is 30.1 Å². The molecule has 0 aliphatic heterocycles. The summed E-state index contributed by atoms with van der Waals surface area (Å²) in [7, 11) is 0. The highest BCUT2D eigenvalue weighted by atomic mass is 16.3. The third-order valence-electron chi connectivity index (χ3n) is 3.85. The van der Waals surface area contributed by atoms with Gasteiger partial charge in [0.2, 0.25) is 0 Å². The Labute approximate surface area is 132 Å². The molecule has 6 heteroatoms. The first kappa shape index (κ1) is 16.7. The second-order valence-corrected chi connectivity index (χ2v) is 5.84. The number of nitrogens with zero attached hydrogens (tertiary/aromatic N) is 5. The number of hydrogen-bond acceptors (Lipinski definition) is 4. The van der Waals surface area contributed by atoms with Crippen LogP contribution in [0, 0.1) is 13.8 Å². The molecule has 1 atom stereocenters. The molecule has 2 aromatic heterocycles. The summed E-state index contributed by atoms with van der Waals surface area (Å²) in [4.78, 5) is 4.71. The van der Waals surface area contributed by atoms with Crippen LogP contribution in [0.25, 0.3) is 0 Å². The lowest BCUT2D eigenvalue weighted by Gasteiger charge is -2.14. The van der Waals surface area contributed by atoms with Gasteiger partial charge in [-0.25, -0.2) is 9.67 Å². The van der Waals surface area contributed by atoms with E-state index in [1.807, 2.05) is 23.2 Å². The summed E-state index contributed by atoms with van der Waals surface area (Å²) < 4.78 is 3.80. The fourth-order valence-electron chi connectivity index (χ4n) is 2.76. The van der Waals surface area contributed by atoms with Crippen molar-refractivity contribution in [3.05, 3.63) is 29.1 Å². The second-order valence-electron chi connectivity index (χ2n) is 5.84. The molecule has 2 rings (SSSR count). The third kappa shape index (κ3) is 3.74. The minimum absolute atomic E-state index is 0.00711. The number of aryl methyl sites for hydroxylation is 3. The number of aromatic nitrogens is 5. The monoisotopic (exact) mass is 305 g/mol. The largest absolute Gasteiger partial charge is 0.394 e. The van der Waals surface area contributed by atoms with E-state index in [0.29, 0.717) is 6.54 Å². The quantitative estimate of drug-likeness (QED) is 0.761. The van der Waals surface area contributed by atoms with Crippen molar-refractivity contribution in [1.82, 2.24) is 24.5 Å². The van der Waals surface area contributed by atoms with Gasteiger partial charge in [0.15, 0.2) is 11.6 Å². The lowest BCUT2D eigenvalue weighted by atomic mass is 10.2. The first-order valence-electron chi connectivity index (χ1n) is 8.14. The molecule has 0 spiro atoms. The smallest absolute Gasteiger partial charge is 0.151 e. The zero-order valence-electron chi connectivity index (χ0n) is 14.1. The van der Waals surface area contributed by atoms with Gasteiger partial charge in [-0.3, -0.25) is 4.68 Å². The van der Waals surface area contributed by atoms with Gasteiger partial charge in [0.05, 0.1) is 18.8 Å². The Morgan fingerprint density at radius 2 is 2.00 bits per heavy atom. The summed E-state index contributed by atoms with van der Waals surface area (Å²) >= 11 is 0. The minimum atomic E-state index is 0.00711. The zero-order valence-corrected chi connectivity index (χ0v) is 14.1. The molecule has 0 radical (unpaired) electrons. The Morgan fingerprint density at radius 3 is 2.59 bits per heavy atom. The number of unbranched alkanes of at least 4 members (excludes halogenated alkanes) is 2. The number of aliphatic hydroxyl groups is 1. The van der Waals surface area contributed by atoms with Crippen LogP contribution in [0.15, 0.2) is 6.07 Å². The topological polar surface area (TPSA) is 68.8 Å². The Bertz CT molecular complexity index is 602. The fourth-order valence-corrected chi connectivity index (χ4v) is 2.76. The highest BCUT2D eigenvalue weighted by Gasteiger charge is 2.19. The van der Waals surface area contributed by atoms with Crippen molar-refractivity contribution in [3.63, 3.8) is 0 Å². The van der Waals surface area contributed by atoms with Gasteiger partial charge >= 0.3 is 0 Å². The molecular weight excluding hydrogens is 278 g/mol. The second kappa shape index (κ2) is 7.54. The van der Waals surface area contributed by atoms with Crippen LogP contribution < -0.4 is 0 Å². The van der Waals surface area contributed by atoms with E-state index in [4.69, 9.17) is 4.98 Å². The van der Waals surface area contributed by atoms with Crippen LogP contribution in [0.3, 0.4) is 0 Å². The number of hydrogen-bond donors (Lipinski definition) is 1. The third-order valence-corrected chi connectivity index (χ3v) is 3.85. The molecule has 0 fully saturated rings. The Balaban J connectivity index is 2.25. The number of rotatable bonds is 8. The van der Waals surface area contributed by atoms with Crippen molar-refractivity contribution in [3.8, 4) is 0 Å². The van der Waals surface area contributed by atoms with E-state index in [0.717, 1.165) is 35.9 Å². The molecule has 0 aliphatic carbocycles. The van der Waals surface area contributed by atoms with Gasteiger partial charge in [-0.1, -0.05) is 19.8 Å². The lowest BCUT2D eigenvalue weighted by molar-refractivity contribution is 0.264. The first-order chi connectivity index (χ1) is 10.6. The molecular formula is C16H27N5O. The molecule has 22 heavy (non-hydrogen) atoms. The highest BCUT2D eigenvalue weighted by molar-refractivity contribution is 5.11. The summed E-state index contributed by atoms with van der Waals surface area (Å²) in [6.45, 7) is 8.84. The van der Waals surface area contributed by atoms with Gasteiger partial charge in [0.1, 0.15) is 6.04 Å². The molecule has 0 saturated carbocycles. The van der Waals surface area contributed by atoms with E-state index >= 15 is 0 Å².